The maximum absolute atomic E-state index is 12.1. The van der Waals surface area contributed by atoms with Crippen LogP contribution in [0.25, 0.3) is 0 Å². The van der Waals surface area contributed by atoms with Gasteiger partial charge in [0.15, 0.2) is 0 Å². The second-order valence-electron chi connectivity index (χ2n) is 4.41. The number of hydrogen-bond acceptors (Lipinski definition) is 3. The number of piperidine rings is 1. The average molecular weight is 229 g/mol. The van der Waals surface area contributed by atoms with Crippen molar-refractivity contribution in [1.29, 1.82) is 0 Å². The van der Waals surface area contributed by atoms with Crippen molar-refractivity contribution in [3.63, 3.8) is 0 Å². The first-order valence-corrected chi connectivity index (χ1v) is 6.90. The molecule has 1 unspecified atom stereocenters. The lowest BCUT2D eigenvalue weighted by molar-refractivity contribution is -0.132. The largest absolute Gasteiger partial charge is 0.393 e. The normalized spacial score (nSPS) is 29.1. The summed E-state index contributed by atoms with van der Waals surface area (Å²) in [7, 11) is 0. The Balaban J connectivity index is 1.84. The van der Waals surface area contributed by atoms with E-state index in [2.05, 4.69) is 0 Å². The Morgan fingerprint density at radius 3 is 2.53 bits per heavy atom. The number of rotatable bonds is 1. The minimum atomic E-state index is -0.187. The van der Waals surface area contributed by atoms with Crippen molar-refractivity contribution in [2.75, 3.05) is 18.8 Å². The van der Waals surface area contributed by atoms with Crippen molar-refractivity contribution < 1.29 is 9.90 Å². The number of aliphatic hydroxyl groups excluding tert-OH is 1. The van der Waals surface area contributed by atoms with Crippen LogP contribution in [0.5, 0.6) is 0 Å². The van der Waals surface area contributed by atoms with Gasteiger partial charge in [0.1, 0.15) is 0 Å². The van der Waals surface area contributed by atoms with Crippen molar-refractivity contribution in [3.05, 3.63) is 0 Å². The van der Waals surface area contributed by atoms with Crippen molar-refractivity contribution >= 4 is 17.7 Å². The van der Waals surface area contributed by atoms with E-state index >= 15 is 0 Å². The molecule has 15 heavy (non-hydrogen) atoms. The summed E-state index contributed by atoms with van der Waals surface area (Å²) in [6, 6.07) is 0. The van der Waals surface area contributed by atoms with Crippen molar-refractivity contribution in [3.8, 4) is 0 Å². The maximum Gasteiger partial charge on any atom is 0.235 e. The van der Waals surface area contributed by atoms with Crippen LogP contribution in [0.2, 0.25) is 0 Å². The average Bonchev–Trinajstić information content (AvgIpc) is 2.30. The van der Waals surface area contributed by atoms with E-state index in [1.165, 1.54) is 12.8 Å². The van der Waals surface area contributed by atoms with E-state index in [4.69, 9.17) is 0 Å². The standard InChI is InChI=1S/C11H19NO2S/c13-9-4-6-12(7-5-9)11(14)10-3-1-2-8-15-10/h9-10,13H,1-8H2. The zero-order chi connectivity index (χ0) is 10.7. The molecule has 0 aromatic carbocycles. The van der Waals surface area contributed by atoms with Crippen LogP contribution >= 0.6 is 11.8 Å². The van der Waals surface area contributed by atoms with Gasteiger partial charge in [0.25, 0.3) is 0 Å². The molecule has 2 saturated heterocycles. The van der Waals surface area contributed by atoms with Crippen LogP contribution in [0, 0.1) is 0 Å². The summed E-state index contributed by atoms with van der Waals surface area (Å²) >= 11 is 1.81. The quantitative estimate of drug-likeness (QED) is 0.736. The molecular formula is C11H19NO2S. The van der Waals surface area contributed by atoms with Crippen LogP contribution in [0.1, 0.15) is 32.1 Å². The predicted octanol–water partition coefficient (Wildman–Crippen LogP) is 1.26. The molecule has 1 amide bonds. The van der Waals surface area contributed by atoms with E-state index in [0.29, 0.717) is 5.91 Å². The van der Waals surface area contributed by atoms with Crippen molar-refractivity contribution in [2.24, 2.45) is 0 Å². The fourth-order valence-electron chi connectivity index (χ4n) is 2.23. The molecule has 0 aromatic rings. The summed E-state index contributed by atoms with van der Waals surface area (Å²) in [5.74, 6) is 1.44. The third-order valence-electron chi connectivity index (χ3n) is 3.23. The maximum atomic E-state index is 12.1. The molecule has 0 aliphatic carbocycles. The van der Waals surface area contributed by atoms with Crippen molar-refractivity contribution in [1.82, 2.24) is 4.90 Å². The fourth-order valence-corrected chi connectivity index (χ4v) is 3.51. The Morgan fingerprint density at radius 1 is 1.20 bits per heavy atom. The highest BCUT2D eigenvalue weighted by Crippen LogP contribution is 2.27. The van der Waals surface area contributed by atoms with Crippen LogP contribution in [-0.4, -0.2) is 46.1 Å². The van der Waals surface area contributed by atoms with Crippen molar-refractivity contribution in [2.45, 2.75) is 43.5 Å². The number of thioether (sulfide) groups is 1. The summed E-state index contributed by atoms with van der Waals surface area (Å²) in [4.78, 5) is 14.0. The van der Waals surface area contributed by atoms with E-state index in [1.807, 2.05) is 16.7 Å². The lowest BCUT2D eigenvalue weighted by Gasteiger charge is -2.33. The molecule has 2 heterocycles. The van der Waals surface area contributed by atoms with E-state index in [0.717, 1.165) is 38.1 Å². The number of likely N-dealkylation sites (tertiary alicyclic amines) is 1. The minimum Gasteiger partial charge on any atom is -0.393 e. The Kier molecular flexibility index (Phi) is 3.92. The highest BCUT2D eigenvalue weighted by molar-refractivity contribution is 8.00. The van der Waals surface area contributed by atoms with E-state index < -0.39 is 0 Å². The van der Waals surface area contributed by atoms with Gasteiger partial charge < -0.3 is 10.0 Å². The molecular weight excluding hydrogens is 210 g/mol. The lowest BCUT2D eigenvalue weighted by Crippen LogP contribution is -2.44. The van der Waals surface area contributed by atoms with Gasteiger partial charge in [0.05, 0.1) is 11.4 Å². The number of amides is 1. The molecule has 0 spiro atoms. The van der Waals surface area contributed by atoms with E-state index in [9.17, 15) is 9.90 Å². The summed E-state index contributed by atoms with van der Waals surface area (Å²) in [5, 5.41) is 9.58. The topological polar surface area (TPSA) is 40.5 Å². The third-order valence-corrected chi connectivity index (χ3v) is 4.60. The van der Waals surface area contributed by atoms with Gasteiger partial charge in [-0.15, -0.1) is 11.8 Å². The second kappa shape index (κ2) is 5.21. The predicted molar refractivity (Wildman–Crippen MR) is 61.9 cm³/mol. The van der Waals surface area contributed by atoms with E-state index in [-0.39, 0.29) is 11.4 Å². The summed E-state index contributed by atoms with van der Waals surface area (Å²) < 4.78 is 0. The van der Waals surface area contributed by atoms with Gasteiger partial charge in [0.2, 0.25) is 5.91 Å². The van der Waals surface area contributed by atoms with Crippen LogP contribution in [0.3, 0.4) is 0 Å². The number of hydrogen-bond donors (Lipinski definition) is 1. The molecule has 0 aromatic heterocycles. The molecule has 0 radical (unpaired) electrons. The Morgan fingerprint density at radius 2 is 1.93 bits per heavy atom. The molecule has 1 atom stereocenters. The molecule has 4 heteroatoms. The van der Waals surface area contributed by atoms with Gasteiger partial charge in [-0.1, -0.05) is 6.42 Å². The zero-order valence-electron chi connectivity index (χ0n) is 9.02. The molecule has 1 N–H and O–H groups in total. The van der Waals surface area contributed by atoms with Crippen LogP contribution in [-0.2, 0) is 4.79 Å². The van der Waals surface area contributed by atoms with Gasteiger partial charge in [-0.25, -0.2) is 0 Å². The first-order valence-electron chi connectivity index (χ1n) is 5.86. The van der Waals surface area contributed by atoms with Gasteiger partial charge in [-0.05, 0) is 31.4 Å². The number of carbonyl (C=O) groups is 1. The van der Waals surface area contributed by atoms with Crippen LogP contribution in [0.15, 0.2) is 0 Å². The Hall–Kier alpha value is -0.220. The van der Waals surface area contributed by atoms with Crippen LogP contribution < -0.4 is 0 Å². The number of carbonyl (C=O) groups excluding carboxylic acids is 1. The number of aliphatic hydroxyl groups is 1. The zero-order valence-corrected chi connectivity index (χ0v) is 9.84. The molecule has 86 valence electrons. The highest BCUT2D eigenvalue weighted by Gasteiger charge is 2.28. The SMILES string of the molecule is O=C(C1CCCCS1)N1CCC(O)CC1. The molecule has 2 rings (SSSR count). The summed E-state index contributed by atoms with van der Waals surface area (Å²) in [6.45, 7) is 1.49. The van der Waals surface area contributed by atoms with E-state index in [1.54, 1.807) is 0 Å². The van der Waals surface area contributed by atoms with Gasteiger partial charge in [-0.3, -0.25) is 4.79 Å². The molecule has 2 aliphatic heterocycles. The Bertz CT molecular complexity index is 221. The van der Waals surface area contributed by atoms with Gasteiger partial charge in [-0.2, -0.15) is 0 Å². The lowest BCUT2D eigenvalue weighted by atomic mass is 10.1. The van der Waals surface area contributed by atoms with Gasteiger partial charge >= 0.3 is 0 Å². The molecule has 0 saturated carbocycles. The number of nitrogens with zero attached hydrogens (tertiary/aromatic N) is 1. The highest BCUT2D eigenvalue weighted by atomic mass is 32.2. The molecule has 2 fully saturated rings. The molecule has 3 nitrogen and oxygen atoms in total. The van der Waals surface area contributed by atoms with Gasteiger partial charge in [0, 0.05) is 13.1 Å². The Labute approximate surface area is 95.2 Å². The fraction of sp³-hybridized carbons (Fsp3) is 0.909. The second-order valence-corrected chi connectivity index (χ2v) is 5.72. The summed E-state index contributed by atoms with van der Waals surface area (Å²) in [6.07, 6.45) is 4.81. The first kappa shape index (κ1) is 11.3. The monoisotopic (exact) mass is 229 g/mol. The first-order chi connectivity index (χ1) is 7.27. The smallest absolute Gasteiger partial charge is 0.235 e. The molecule has 2 aliphatic rings. The molecule has 0 bridgehead atoms. The minimum absolute atomic E-state index is 0.187. The van der Waals surface area contributed by atoms with Crippen LogP contribution in [0.4, 0.5) is 0 Å². The third kappa shape index (κ3) is 2.88. The summed E-state index contributed by atoms with van der Waals surface area (Å²) in [5.41, 5.74) is 0.